The van der Waals surface area contributed by atoms with Crippen LogP contribution in [0.5, 0.6) is 0 Å². The molecule has 0 amide bonds. The first-order valence-electron chi connectivity index (χ1n) is 6.68. The molecule has 0 bridgehead atoms. The van der Waals surface area contributed by atoms with Crippen LogP contribution in [0.3, 0.4) is 0 Å². The molecule has 1 unspecified atom stereocenters. The van der Waals surface area contributed by atoms with Crippen LogP contribution in [0.25, 0.3) is 0 Å². The van der Waals surface area contributed by atoms with Gasteiger partial charge in [-0.15, -0.1) is 0 Å². The van der Waals surface area contributed by atoms with Crippen LogP contribution in [0.4, 0.5) is 0 Å². The van der Waals surface area contributed by atoms with Crippen molar-refractivity contribution in [2.45, 2.75) is 49.5 Å². The molecular formula is C13H24BrNO. The van der Waals surface area contributed by atoms with Gasteiger partial charge in [0.2, 0.25) is 0 Å². The second-order valence-corrected chi connectivity index (χ2v) is 6.77. The number of hydrogen-bond acceptors (Lipinski definition) is 2. The first kappa shape index (κ1) is 12.8. The number of nitrogens with zero attached hydrogens (tertiary/aromatic N) is 1. The molecule has 1 aliphatic carbocycles. The summed E-state index contributed by atoms with van der Waals surface area (Å²) in [6.07, 6.45) is 8.43. The van der Waals surface area contributed by atoms with Gasteiger partial charge in [0.1, 0.15) is 0 Å². The lowest BCUT2D eigenvalue weighted by atomic mass is 9.85. The zero-order valence-corrected chi connectivity index (χ0v) is 11.9. The van der Waals surface area contributed by atoms with Gasteiger partial charge in [-0.2, -0.15) is 0 Å². The Bertz CT molecular complexity index is 200. The highest BCUT2D eigenvalue weighted by Crippen LogP contribution is 2.33. The van der Waals surface area contributed by atoms with Crippen molar-refractivity contribution in [2.24, 2.45) is 5.92 Å². The normalized spacial score (nSPS) is 34.3. The summed E-state index contributed by atoms with van der Waals surface area (Å²) in [5.41, 5.74) is 0. The van der Waals surface area contributed by atoms with E-state index in [1.165, 1.54) is 51.6 Å². The van der Waals surface area contributed by atoms with Crippen LogP contribution in [0.1, 0.15) is 38.5 Å². The fourth-order valence-corrected chi connectivity index (χ4v) is 3.85. The summed E-state index contributed by atoms with van der Waals surface area (Å²) in [5.74, 6) is 0.942. The first-order chi connectivity index (χ1) is 7.74. The molecule has 0 aromatic carbocycles. The van der Waals surface area contributed by atoms with E-state index >= 15 is 0 Å². The van der Waals surface area contributed by atoms with E-state index in [2.05, 4.69) is 27.9 Å². The van der Waals surface area contributed by atoms with Crippen LogP contribution in [-0.2, 0) is 4.74 Å². The summed E-state index contributed by atoms with van der Waals surface area (Å²) in [5, 5.41) is 0. The average Bonchev–Trinajstić information content (AvgIpc) is 2.68. The molecule has 1 saturated carbocycles. The Hall–Kier alpha value is 0.400. The molecule has 0 radical (unpaired) electrons. The topological polar surface area (TPSA) is 12.5 Å². The molecule has 0 aromatic rings. The minimum Gasteiger partial charge on any atom is -0.378 e. The van der Waals surface area contributed by atoms with E-state index in [1.807, 2.05) is 0 Å². The summed E-state index contributed by atoms with van der Waals surface area (Å²) in [7, 11) is 2.26. The van der Waals surface area contributed by atoms with Crippen LogP contribution in [-0.4, -0.2) is 42.6 Å². The number of ether oxygens (including phenoxy) is 1. The Kier molecular flexibility index (Phi) is 5.11. The van der Waals surface area contributed by atoms with Gasteiger partial charge in [0.05, 0.1) is 6.10 Å². The minimum absolute atomic E-state index is 0.573. The van der Waals surface area contributed by atoms with E-state index < -0.39 is 0 Å². The van der Waals surface area contributed by atoms with Crippen molar-refractivity contribution < 1.29 is 4.74 Å². The number of rotatable bonds is 6. The van der Waals surface area contributed by atoms with Gasteiger partial charge in [-0.1, -0.05) is 15.9 Å². The second-order valence-electron chi connectivity index (χ2n) is 5.47. The van der Waals surface area contributed by atoms with Crippen molar-refractivity contribution in [1.82, 2.24) is 4.90 Å². The molecule has 2 rings (SSSR count). The Morgan fingerprint density at radius 1 is 1.38 bits per heavy atom. The molecule has 1 aliphatic heterocycles. The molecule has 1 atom stereocenters. The predicted molar refractivity (Wildman–Crippen MR) is 71.1 cm³/mol. The van der Waals surface area contributed by atoms with Gasteiger partial charge >= 0.3 is 0 Å². The summed E-state index contributed by atoms with van der Waals surface area (Å²) < 4.78 is 5.64. The van der Waals surface area contributed by atoms with Crippen molar-refractivity contribution >= 4 is 15.9 Å². The first-order valence-corrected chi connectivity index (χ1v) is 7.60. The Labute approximate surface area is 108 Å². The fourth-order valence-electron chi connectivity index (χ4n) is 2.80. The molecule has 0 aromatic heterocycles. The average molecular weight is 290 g/mol. The highest BCUT2D eigenvalue weighted by atomic mass is 79.9. The lowest BCUT2D eigenvalue weighted by Crippen LogP contribution is -2.35. The smallest absolute Gasteiger partial charge is 0.0576 e. The van der Waals surface area contributed by atoms with Gasteiger partial charge in [-0.3, -0.25) is 0 Å². The minimum atomic E-state index is 0.573. The molecule has 1 saturated heterocycles. The molecule has 1 heterocycles. The highest BCUT2D eigenvalue weighted by Gasteiger charge is 2.27. The van der Waals surface area contributed by atoms with Crippen LogP contribution < -0.4 is 0 Å². The van der Waals surface area contributed by atoms with Crippen molar-refractivity contribution in [3.05, 3.63) is 0 Å². The molecule has 3 heteroatoms. The van der Waals surface area contributed by atoms with Gasteiger partial charge in [0.25, 0.3) is 0 Å². The summed E-state index contributed by atoms with van der Waals surface area (Å²) >= 11 is 3.65. The van der Waals surface area contributed by atoms with Gasteiger partial charge in [-0.25, -0.2) is 0 Å². The predicted octanol–water partition coefficient (Wildman–Crippen LogP) is 3.05. The standard InChI is InChI=1S/C13H24BrNO/c1-15(10-11-8-12(14)9-11)6-2-4-13-5-3-7-16-13/h11-13H,2-10H2,1H3. The van der Waals surface area contributed by atoms with E-state index in [4.69, 9.17) is 4.74 Å². The summed E-state index contributed by atoms with van der Waals surface area (Å²) in [4.78, 5) is 3.30. The van der Waals surface area contributed by atoms with Gasteiger partial charge in [0.15, 0.2) is 0 Å². The Balaban J connectivity index is 1.48. The van der Waals surface area contributed by atoms with Crippen molar-refractivity contribution in [3.8, 4) is 0 Å². The fraction of sp³-hybridized carbons (Fsp3) is 1.00. The quantitative estimate of drug-likeness (QED) is 0.697. The molecule has 0 N–H and O–H groups in total. The van der Waals surface area contributed by atoms with E-state index in [9.17, 15) is 0 Å². The van der Waals surface area contributed by atoms with Crippen molar-refractivity contribution in [3.63, 3.8) is 0 Å². The number of hydrogen-bond donors (Lipinski definition) is 0. The van der Waals surface area contributed by atoms with E-state index in [0.717, 1.165) is 17.4 Å². The molecule has 2 fully saturated rings. The zero-order valence-electron chi connectivity index (χ0n) is 10.3. The summed E-state index contributed by atoms with van der Waals surface area (Å²) in [6.45, 7) is 3.52. The monoisotopic (exact) mass is 289 g/mol. The third kappa shape index (κ3) is 4.01. The molecule has 94 valence electrons. The Morgan fingerprint density at radius 3 is 2.81 bits per heavy atom. The van der Waals surface area contributed by atoms with Crippen LogP contribution in [0.2, 0.25) is 0 Å². The molecule has 16 heavy (non-hydrogen) atoms. The lowest BCUT2D eigenvalue weighted by molar-refractivity contribution is 0.0983. The van der Waals surface area contributed by atoms with Gasteiger partial charge in [0, 0.05) is 18.0 Å². The zero-order chi connectivity index (χ0) is 11.4. The molecule has 2 nitrogen and oxygen atoms in total. The van der Waals surface area contributed by atoms with Crippen LogP contribution in [0, 0.1) is 5.92 Å². The maximum absolute atomic E-state index is 5.64. The van der Waals surface area contributed by atoms with Crippen LogP contribution >= 0.6 is 15.9 Å². The van der Waals surface area contributed by atoms with Crippen LogP contribution in [0.15, 0.2) is 0 Å². The third-order valence-electron chi connectivity index (χ3n) is 3.84. The van der Waals surface area contributed by atoms with Crippen molar-refractivity contribution in [2.75, 3.05) is 26.7 Å². The second kappa shape index (κ2) is 6.36. The third-order valence-corrected chi connectivity index (χ3v) is 4.59. The van der Waals surface area contributed by atoms with E-state index in [-0.39, 0.29) is 0 Å². The maximum Gasteiger partial charge on any atom is 0.0576 e. The molecule has 2 aliphatic rings. The molecule has 0 spiro atoms. The van der Waals surface area contributed by atoms with Gasteiger partial charge < -0.3 is 9.64 Å². The largest absolute Gasteiger partial charge is 0.378 e. The van der Waals surface area contributed by atoms with Crippen molar-refractivity contribution in [1.29, 1.82) is 0 Å². The highest BCUT2D eigenvalue weighted by molar-refractivity contribution is 9.09. The Morgan fingerprint density at radius 2 is 2.19 bits per heavy atom. The number of halogens is 1. The van der Waals surface area contributed by atoms with Gasteiger partial charge in [-0.05, 0) is 58.0 Å². The summed E-state index contributed by atoms with van der Waals surface area (Å²) in [6, 6.07) is 0. The lowest BCUT2D eigenvalue weighted by Gasteiger charge is -2.34. The van der Waals surface area contributed by atoms with E-state index in [1.54, 1.807) is 0 Å². The molecular weight excluding hydrogens is 266 g/mol. The SMILES string of the molecule is CN(CCCC1CCCO1)CC1CC(Br)C1. The maximum atomic E-state index is 5.64. The number of alkyl halides is 1. The van der Waals surface area contributed by atoms with E-state index in [0.29, 0.717) is 6.10 Å².